The molecular formula is C25H22N2O2. The quantitative estimate of drug-likeness (QED) is 0.518. The number of ether oxygens (including phenoxy) is 1. The Morgan fingerprint density at radius 2 is 1.72 bits per heavy atom. The molecule has 0 saturated carbocycles. The molecule has 1 unspecified atom stereocenters. The predicted molar refractivity (Wildman–Crippen MR) is 115 cm³/mol. The summed E-state index contributed by atoms with van der Waals surface area (Å²) in [5.41, 5.74) is 2.00. The Hall–Kier alpha value is -3.40. The number of pyridine rings is 1. The third-order valence-electron chi connectivity index (χ3n) is 5.58. The van der Waals surface area contributed by atoms with Crippen LogP contribution >= 0.6 is 0 Å². The number of rotatable bonds is 4. The van der Waals surface area contributed by atoms with Crippen molar-refractivity contribution >= 4 is 27.6 Å². The van der Waals surface area contributed by atoms with Gasteiger partial charge in [-0.3, -0.25) is 4.79 Å². The van der Waals surface area contributed by atoms with Crippen molar-refractivity contribution in [3.8, 4) is 5.88 Å². The molecule has 3 aromatic carbocycles. The Morgan fingerprint density at radius 3 is 2.66 bits per heavy atom. The number of carbonyl (C=O) groups is 1. The zero-order chi connectivity index (χ0) is 19.6. The first-order chi connectivity index (χ1) is 14.3. The number of hydrogen-bond acceptors (Lipinski definition) is 3. The van der Waals surface area contributed by atoms with Crippen LogP contribution in [0.15, 0.2) is 78.9 Å². The molecule has 5 rings (SSSR count). The van der Waals surface area contributed by atoms with Crippen molar-refractivity contribution in [1.82, 2.24) is 9.88 Å². The first kappa shape index (κ1) is 17.7. The molecule has 1 saturated heterocycles. The van der Waals surface area contributed by atoms with E-state index in [0.29, 0.717) is 18.8 Å². The zero-order valence-electron chi connectivity index (χ0n) is 16.1. The van der Waals surface area contributed by atoms with Gasteiger partial charge in [-0.05, 0) is 28.5 Å². The van der Waals surface area contributed by atoms with Crippen molar-refractivity contribution in [2.75, 3.05) is 13.1 Å². The molecule has 144 valence electrons. The highest BCUT2D eigenvalue weighted by Crippen LogP contribution is 2.23. The Morgan fingerprint density at radius 1 is 0.931 bits per heavy atom. The van der Waals surface area contributed by atoms with E-state index in [9.17, 15) is 4.79 Å². The van der Waals surface area contributed by atoms with E-state index >= 15 is 0 Å². The van der Waals surface area contributed by atoms with Gasteiger partial charge in [-0.15, -0.1) is 0 Å². The van der Waals surface area contributed by atoms with Gasteiger partial charge in [0.25, 0.3) is 0 Å². The van der Waals surface area contributed by atoms with E-state index in [2.05, 4.69) is 23.2 Å². The van der Waals surface area contributed by atoms with Gasteiger partial charge in [0.05, 0.1) is 18.5 Å². The van der Waals surface area contributed by atoms with Crippen LogP contribution in [0.4, 0.5) is 0 Å². The summed E-state index contributed by atoms with van der Waals surface area (Å²) in [5, 5.41) is 3.41. The van der Waals surface area contributed by atoms with Gasteiger partial charge < -0.3 is 9.64 Å². The highest BCUT2D eigenvalue weighted by Gasteiger charge is 2.28. The van der Waals surface area contributed by atoms with E-state index in [1.54, 1.807) is 0 Å². The molecule has 1 aromatic heterocycles. The number of likely N-dealkylation sites (tertiary alicyclic amines) is 1. The predicted octanol–water partition coefficient (Wildman–Crippen LogP) is 4.61. The van der Waals surface area contributed by atoms with Crippen molar-refractivity contribution in [3.63, 3.8) is 0 Å². The lowest BCUT2D eigenvalue weighted by Gasteiger charge is -2.18. The molecular weight excluding hydrogens is 360 g/mol. The lowest BCUT2D eigenvalue weighted by Crippen LogP contribution is -2.32. The molecule has 0 aliphatic carbocycles. The van der Waals surface area contributed by atoms with Crippen molar-refractivity contribution in [3.05, 3.63) is 84.4 Å². The smallest absolute Gasteiger partial charge is 0.227 e. The summed E-state index contributed by atoms with van der Waals surface area (Å²) in [6, 6.07) is 26.3. The lowest BCUT2D eigenvalue weighted by atomic mass is 10.0. The van der Waals surface area contributed by atoms with E-state index < -0.39 is 0 Å². The molecule has 0 N–H and O–H groups in total. The van der Waals surface area contributed by atoms with Crippen molar-refractivity contribution in [2.45, 2.75) is 18.9 Å². The number of carbonyl (C=O) groups excluding carboxylic acids is 1. The number of para-hydroxylation sites is 1. The Kier molecular flexibility index (Phi) is 4.60. The van der Waals surface area contributed by atoms with Crippen LogP contribution in [0.2, 0.25) is 0 Å². The minimum Gasteiger partial charge on any atom is -0.472 e. The van der Waals surface area contributed by atoms with Gasteiger partial charge in [0.2, 0.25) is 11.8 Å². The first-order valence-electron chi connectivity index (χ1n) is 10.0. The molecule has 0 radical (unpaired) electrons. The van der Waals surface area contributed by atoms with Crippen LogP contribution < -0.4 is 4.74 Å². The minimum atomic E-state index is -0.0138. The largest absolute Gasteiger partial charge is 0.472 e. The summed E-state index contributed by atoms with van der Waals surface area (Å²) < 4.78 is 6.08. The van der Waals surface area contributed by atoms with Crippen LogP contribution in [0.1, 0.15) is 12.0 Å². The second-order valence-electron chi connectivity index (χ2n) is 7.53. The third kappa shape index (κ3) is 3.66. The number of benzene rings is 3. The van der Waals surface area contributed by atoms with Crippen LogP contribution in [-0.2, 0) is 11.2 Å². The van der Waals surface area contributed by atoms with Gasteiger partial charge in [0, 0.05) is 24.4 Å². The van der Waals surface area contributed by atoms with Gasteiger partial charge in [0.15, 0.2) is 0 Å². The van der Waals surface area contributed by atoms with E-state index in [-0.39, 0.29) is 12.0 Å². The fraction of sp³-hybridized carbons (Fsp3) is 0.200. The van der Waals surface area contributed by atoms with Gasteiger partial charge >= 0.3 is 0 Å². The maximum Gasteiger partial charge on any atom is 0.227 e. The lowest BCUT2D eigenvalue weighted by molar-refractivity contribution is -0.129. The van der Waals surface area contributed by atoms with E-state index in [4.69, 9.17) is 4.74 Å². The monoisotopic (exact) mass is 382 g/mol. The zero-order valence-corrected chi connectivity index (χ0v) is 16.1. The minimum absolute atomic E-state index is 0.0138. The molecule has 4 nitrogen and oxygen atoms in total. The van der Waals surface area contributed by atoms with Crippen molar-refractivity contribution < 1.29 is 9.53 Å². The van der Waals surface area contributed by atoms with Crippen LogP contribution in [0, 0.1) is 0 Å². The second kappa shape index (κ2) is 7.55. The molecule has 4 heteroatoms. The SMILES string of the molecule is O=C(Cc1cccc2ccccc12)N1CCC(Oc2ccc3ccccc3n2)C1. The Labute approximate surface area is 169 Å². The fourth-order valence-corrected chi connectivity index (χ4v) is 4.06. The number of hydrogen-bond donors (Lipinski definition) is 0. The van der Waals surface area contributed by atoms with E-state index in [0.717, 1.165) is 34.8 Å². The van der Waals surface area contributed by atoms with Crippen molar-refractivity contribution in [2.24, 2.45) is 0 Å². The number of aromatic nitrogens is 1. The maximum absolute atomic E-state index is 12.9. The summed E-state index contributed by atoms with van der Waals surface area (Å²) in [7, 11) is 0. The Balaban J connectivity index is 1.25. The van der Waals surface area contributed by atoms with Crippen LogP contribution in [0.25, 0.3) is 21.7 Å². The summed E-state index contributed by atoms with van der Waals surface area (Å²) in [4.78, 5) is 19.4. The molecule has 1 amide bonds. The molecule has 1 aliphatic heterocycles. The standard InChI is InChI=1S/C25H22N2O2/c28-25(16-20-9-5-8-18-6-1-3-10-22(18)20)27-15-14-21(17-27)29-24-13-12-19-7-2-4-11-23(19)26-24/h1-13,21H,14-17H2. The fourth-order valence-electron chi connectivity index (χ4n) is 4.06. The van der Waals surface area contributed by atoms with E-state index in [1.165, 1.54) is 5.39 Å². The van der Waals surface area contributed by atoms with Gasteiger partial charge in [-0.25, -0.2) is 4.98 Å². The van der Waals surface area contributed by atoms with Crippen LogP contribution in [0.5, 0.6) is 5.88 Å². The highest BCUT2D eigenvalue weighted by atomic mass is 16.5. The average Bonchev–Trinajstić information content (AvgIpc) is 3.22. The summed E-state index contributed by atoms with van der Waals surface area (Å²) in [6.07, 6.45) is 1.23. The molecule has 0 spiro atoms. The normalized spacial score (nSPS) is 16.4. The molecule has 1 atom stereocenters. The molecule has 2 heterocycles. The third-order valence-corrected chi connectivity index (χ3v) is 5.58. The second-order valence-corrected chi connectivity index (χ2v) is 7.53. The average molecular weight is 382 g/mol. The van der Waals surface area contributed by atoms with Crippen LogP contribution in [0.3, 0.4) is 0 Å². The number of nitrogens with zero attached hydrogens (tertiary/aromatic N) is 2. The summed E-state index contributed by atoms with van der Waals surface area (Å²) in [6.45, 7) is 1.33. The molecule has 4 aromatic rings. The maximum atomic E-state index is 12.9. The summed E-state index contributed by atoms with van der Waals surface area (Å²) >= 11 is 0. The number of amides is 1. The van der Waals surface area contributed by atoms with Gasteiger partial charge in [-0.2, -0.15) is 0 Å². The Bertz CT molecular complexity index is 1180. The molecule has 1 fully saturated rings. The van der Waals surface area contributed by atoms with Gasteiger partial charge in [0.1, 0.15) is 6.10 Å². The molecule has 1 aliphatic rings. The topological polar surface area (TPSA) is 42.4 Å². The highest BCUT2D eigenvalue weighted by molar-refractivity contribution is 5.90. The molecule has 29 heavy (non-hydrogen) atoms. The summed E-state index contributed by atoms with van der Waals surface area (Å²) in [5.74, 6) is 0.774. The van der Waals surface area contributed by atoms with Crippen molar-refractivity contribution in [1.29, 1.82) is 0 Å². The number of fused-ring (bicyclic) bond motifs is 2. The van der Waals surface area contributed by atoms with Gasteiger partial charge in [-0.1, -0.05) is 60.7 Å². The van der Waals surface area contributed by atoms with Crippen LogP contribution in [-0.4, -0.2) is 35.0 Å². The molecule has 0 bridgehead atoms. The van der Waals surface area contributed by atoms with E-state index in [1.807, 2.05) is 65.6 Å². The first-order valence-corrected chi connectivity index (χ1v) is 10.0.